The summed E-state index contributed by atoms with van der Waals surface area (Å²) >= 11 is 1.57. The van der Waals surface area contributed by atoms with Gasteiger partial charge >= 0.3 is 0 Å². The van der Waals surface area contributed by atoms with Crippen molar-refractivity contribution >= 4 is 17.2 Å². The van der Waals surface area contributed by atoms with Crippen molar-refractivity contribution in [2.75, 3.05) is 20.2 Å². The maximum atomic E-state index is 12.8. The Kier molecular flexibility index (Phi) is 4.78. The van der Waals surface area contributed by atoms with Gasteiger partial charge in [0, 0.05) is 31.6 Å². The van der Waals surface area contributed by atoms with Gasteiger partial charge in [0.1, 0.15) is 6.61 Å². The molecule has 2 aromatic rings. The molecule has 8 nitrogen and oxygen atoms in total. The topological polar surface area (TPSA) is 84.6 Å². The van der Waals surface area contributed by atoms with Crippen LogP contribution < -0.4 is 0 Å². The molecular weight excluding hydrogens is 342 g/mol. The molecule has 2 bridgehead atoms. The zero-order chi connectivity index (χ0) is 17.2. The first-order valence-corrected chi connectivity index (χ1v) is 9.37. The summed E-state index contributed by atoms with van der Waals surface area (Å²) in [5.41, 5.74) is 2.79. The van der Waals surface area contributed by atoms with Crippen LogP contribution in [0, 0.1) is 5.92 Å². The van der Waals surface area contributed by atoms with Crippen LogP contribution in [0.5, 0.6) is 0 Å². The molecule has 5 rings (SSSR count). The van der Waals surface area contributed by atoms with Crippen molar-refractivity contribution in [3.8, 4) is 0 Å². The van der Waals surface area contributed by atoms with E-state index in [1.165, 1.54) is 0 Å². The van der Waals surface area contributed by atoms with E-state index < -0.39 is 0 Å². The van der Waals surface area contributed by atoms with Gasteiger partial charge in [-0.2, -0.15) is 4.98 Å². The van der Waals surface area contributed by atoms with Crippen molar-refractivity contribution in [3.63, 3.8) is 0 Å². The maximum Gasteiger partial charge on any atom is 0.240 e. The molecule has 3 fully saturated rings. The Morgan fingerprint density at radius 1 is 1.36 bits per heavy atom. The van der Waals surface area contributed by atoms with Crippen LogP contribution in [0.4, 0.5) is 0 Å². The number of piperidine rings is 1. The van der Waals surface area contributed by atoms with Gasteiger partial charge < -0.3 is 14.2 Å². The van der Waals surface area contributed by atoms with Crippen molar-refractivity contribution in [1.82, 2.24) is 24.9 Å². The number of hydrogen-bond donors (Lipinski definition) is 0. The largest absolute Gasteiger partial charge is 0.377 e. The number of carbonyl (C=O) groups is 1. The summed E-state index contributed by atoms with van der Waals surface area (Å²) in [4.78, 5) is 25.8. The van der Waals surface area contributed by atoms with Crippen molar-refractivity contribution in [2.24, 2.45) is 5.92 Å². The van der Waals surface area contributed by atoms with Gasteiger partial charge in [0.2, 0.25) is 11.8 Å². The lowest BCUT2D eigenvalue weighted by atomic mass is 9.94. The van der Waals surface area contributed by atoms with Gasteiger partial charge in [0.05, 0.1) is 30.2 Å². The first-order valence-electron chi connectivity index (χ1n) is 8.43. The molecule has 0 saturated carbocycles. The van der Waals surface area contributed by atoms with Crippen LogP contribution >= 0.6 is 11.3 Å². The second-order valence-corrected chi connectivity index (χ2v) is 7.32. The molecule has 1 amide bonds. The Bertz CT molecular complexity index is 719. The predicted molar refractivity (Wildman–Crippen MR) is 89.5 cm³/mol. The van der Waals surface area contributed by atoms with E-state index in [4.69, 9.17) is 9.26 Å². The lowest BCUT2D eigenvalue weighted by Crippen LogP contribution is -2.47. The van der Waals surface area contributed by atoms with Crippen LogP contribution in [-0.4, -0.2) is 57.1 Å². The second-order valence-electron chi connectivity index (χ2n) is 6.61. The van der Waals surface area contributed by atoms with Gasteiger partial charge in [-0.1, -0.05) is 5.16 Å². The molecule has 5 heterocycles. The number of aromatic nitrogens is 3. The predicted octanol–water partition coefficient (Wildman–Crippen LogP) is 1.30. The fourth-order valence-electron chi connectivity index (χ4n) is 3.69. The van der Waals surface area contributed by atoms with Crippen LogP contribution in [0.25, 0.3) is 0 Å². The standard InChI is InChI=1S/C16H21N5O3S/c1-23-8-14-18-15(24-19-14)7-20-4-11-2-3-13(6-20)21(16(11)22)5-12-9-25-10-17-12/h9-11,13H,2-8H2,1H3. The van der Waals surface area contributed by atoms with E-state index in [1.807, 2.05) is 15.8 Å². The molecule has 0 spiro atoms. The molecule has 134 valence electrons. The summed E-state index contributed by atoms with van der Waals surface area (Å²) in [7, 11) is 1.60. The smallest absolute Gasteiger partial charge is 0.240 e. The summed E-state index contributed by atoms with van der Waals surface area (Å²) < 4.78 is 10.3. The fraction of sp³-hybridized carbons (Fsp3) is 0.625. The molecule has 3 aliphatic heterocycles. The molecule has 3 saturated heterocycles. The SMILES string of the molecule is COCc1noc(CN2CC3CCC(C2)N(Cc2cscn2)C3=O)n1. The normalized spacial score (nSPS) is 24.0. The molecule has 2 unspecified atom stereocenters. The highest BCUT2D eigenvalue weighted by Gasteiger charge is 2.41. The van der Waals surface area contributed by atoms with E-state index in [1.54, 1.807) is 18.4 Å². The monoisotopic (exact) mass is 363 g/mol. The minimum atomic E-state index is 0.0405. The number of methoxy groups -OCH3 is 1. The highest BCUT2D eigenvalue weighted by Crippen LogP contribution is 2.31. The second kappa shape index (κ2) is 7.19. The summed E-state index contributed by atoms with van der Waals surface area (Å²) in [6, 6.07) is 0.217. The van der Waals surface area contributed by atoms with E-state index in [0.717, 1.165) is 31.6 Å². The number of amides is 1. The molecule has 0 aliphatic carbocycles. The molecule has 25 heavy (non-hydrogen) atoms. The highest BCUT2D eigenvalue weighted by atomic mass is 32.1. The Balaban J connectivity index is 1.45. The number of nitrogens with zero attached hydrogens (tertiary/aromatic N) is 5. The number of carbonyl (C=O) groups excluding carboxylic acids is 1. The Morgan fingerprint density at radius 3 is 3.08 bits per heavy atom. The van der Waals surface area contributed by atoms with Crippen molar-refractivity contribution in [1.29, 1.82) is 0 Å². The van der Waals surface area contributed by atoms with Crippen molar-refractivity contribution in [2.45, 2.75) is 38.6 Å². The van der Waals surface area contributed by atoms with Crippen molar-refractivity contribution in [3.05, 3.63) is 28.3 Å². The van der Waals surface area contributed by atoms with E-state index in [-0.39, 0.29) is 17.9 Å². The average Bonchev–Trinajstić information content (AvgIpc) is 3.19. The third-order valence-electron chi connectivity index (χ3n) is 4.83. The van der Waals surface area contributed by atoms with E-state index in [2.05, 4.69) is 20.0 Å². The fourth-order valence-corrected chi connectivity index (χ4v) is 4.24. The minimum Gasteiger partial charge on any atom is -0.377 e. The third-order valence-corrected chi connectivity index (χ3v) is 5.46. The lowest BCUT2D eigenvalue weighted by Gasteiger charge is -2.35. The Morgan fingerprint density at radius 2 is 2.28 bits per heavy atom. The van der Waals surface area contributed by atoms with Crippen LogP contribution in [0.2, 0.25) is 0 Å². The quantitative estimate of drug-likeness (QED) is 0.765. The zero-order valence-electron chi connectivity index (χ0n) is 14.1. The molecule has 0 N–H and O–H groups in total. The summed E-state index contributed by atoms with van der Waals surface area (Å²) in [6.07, 6.45) is 1.99. The number of thiazole rings is 1. The number of rotatable bonds is 6. The molecular formula is C16H21N5O3S. The number of hydrogen-bond acceptors (Lipinski definition) is 8. The molecule has 9 heteroatoms. The van der Waals surface area contributed by atoms with Crippen LogP contribution in [0.15, 0.2) is 15.4 Å². The number of ether oxygens (including phenoxy) is 1. The highest BCUT2D eigenvalue weighted by molar-refractivity contribution is 7.07. The Hall–Kier alpha value is -1.84. The van der Waals surface area contributed by atoms with Crippen molar-refractivity contribution < 1.29 is 14.1 Å². The average molecular weight is 363 g/mol. The van der Waals surface area contributed by atoms with Gasteiger partial charge in [-0.05, 0) is 12.8 Å². The Labute approximate surface area is 149 Å². The summed E-state index contributed by atoms with van der Waals surface area (Å²) in [6.45, 7) is 3.09. The van der Waals surface area contributed by atoms with E-state index in [0.29, 0.717) is 31.4 Å². The summed E-state index contributed by atoms with van der Waals surface area (Å²) in [5, 5.41) is 5.92. The molecule has 0 radical (unpaired) electrons. The van der Waals surface area contributed by atoms with E-state index >= 15 is 0 Å². The molecule has 0 aromatic carbocycles. The van der Waals surface area contributed by atoms with Gasteiger partial charge in [0.15, 0.2) is 5.82 Å². The maximum absolute atomic E-state index is 12.8. The van der Waals surface area contributed by atoms with Crippen LogP contribution in [-0.2, 0) is 29.2 Å². The van der Waals surface area contributed by atoms with Gasteiger partial charge in [-0.15, -0.1) is 11.3 Å². The third kappa shape index (κ3) is 3.58. The van der Waals surface area contributed by atoms with Crippen LogP contribution in [0.3, 0.4) is 0 Å². The lowest BCUT2D eigenvalue weighted by molar-refractivity contribution is -0.140. The zero-order valence-corrected chi connectivity index (χ0v) is 14.9. The molecule has 2 atom stereocenters. The summed E-state index contributed by atoms with van der Waals surface area (Å²) in [5.74, 6) is 1.42. The minimum absolute atomic E-state index is 0.0405. The first-order chi connectivity index (χ1) is 12.2. The number of fused-ring (bicyclic) bond motifs is 4. The van der Waals surface area contributed by atoms with Gasteiger partial charge in [-0.25, -0.2) is 4.98 Å². The molecule has 3 aliphatic rings. The van der Waals surface area contributed by atoms with E-state index in [9.17, 15) is 4.79 Å². The molecule has 2 aromatic heterocycles. The van der Waals surface area contributed by atoms with Gasteiger partial charge in [0.25, 0.3) is 0 Å². The van der Waals surface area contributed by atoms with Crippen LogP contribution in [0.1, 0.15) is 30.3 Å². The van der Waals surface area contributed by atoms with Gasteiger partial charge in [-0.3, -0.25) is 9.69 Å². The first kappa shape index (κ1) is 16.6.